The summed E-state index contributed by atoms with van der Waals surface area (Å²) in [4.78, 5) is 8.78. The molecular formula is C12H14ClN3. The summed E-state index contributed by atoms with van der Waals surface area (Å²) in [6.45, 7) is 0. The fourth-order valence-corrected chi connectivity index (χ4v) is 2.28. The normalized spacial score (nSPS) is 15.8. The second-order valence-corrected chi connectivity index (χ2v) is 4.66. The van der Waals surface area contributed by atoms with Crippen molar-refractivity contribution in [2.24, 2.45) is 0 Å². The molecule has 0 radical (unpaired) electrons. The van der Waals surface area contributed by atoms with E-state index in [0.29, 0.717) is 11.9 Å². The van der Waals surface area contributed by atoms with Crippen molar-refractivity contribution >= 4 is 22.6 Å². The van der Waals surface area contributed by atoms with Crippen molar-refractivity contribution < 1.29 is 0 Å². The van der Waals surface area contributed by atoms with Crippen molar-refractivity contribution in [3.63, 3.8) is 0 Å². The lowest BCUT2D eigenvalue weighted by molar-refractivity contribution is 0.687. The van der Waals surface area contributed by atoms with Gasteiger partial charge in [0.1, 0.15) is 11.3 Å². The van der Waals surface area contributed by atoms with E-state index in [9.17, 15) is 0 Å². The minimum Gasteiger partial charge on any atom is -0.325 e. The van der Waals surface area contributed by atoms with Gasteiger partial charge in [0, 0.05) is 24.5 Å². The average molecular weight is 236 g/mol. The first kappa shape index (κ1) is 10.1. The predicted octanol–water partition coefficient (Wildman–Crippen LogP) is 2.94. The van der Waals surface area contributed by atoms with Gasteiger partial charge in [0.2, 0.25) is 0 Å². The zero-order valence-electron chi connectivity index (χ0n) is 9.06. The van der Waals surface area contributed by atoms with Gasteiger partial charge in [0.25, 0.3) is 0 Å². The highest BCUT2D eigenvalue weighted by atomic mass is 35.5. The van der Waals surface area contributed by atoms with E-state index in [1.165, 1.54) is 24.2 Å². The molecule has 0 aliphatic heterocycles. The molecule has 16 heavy (non-hydrogen) atoms. The van der Waals surface area contributed by atoms with Gasteiger partial charge in [0.15, 0.2) is 0 Å². The lowest BCUT2D eigenvalue weighted by atomic mass is 10.3. The molecule has 0 unspecified atom stereocenters. The standard InChI is InChI=1S/C12H14ClN3/c13-6-1-2-12-15-10-8-14-7-5-11(10)16(12)9-3-4-9/h5,7-9H,1-4,6H2. The van der Waals surface area contributed by atoms with Crippen molar-refractivity contribution in [2.75, 3.05) is 5.88 Å². The molecule has 1 fully saturated rings. The molecule has 2 heterocycles. The van der Waals surface area contributed by atoms with Crippen molar-refractivity contribution in [2.45, 2.75) is 31.7 Å². The molecule has 0 bridgehead atoms. The fraction of sp³-hybridized carbons (Fsp3) is 0.500. The molecule has 0 N–H and O–H groups in total. The third-order valence-electron chi connectivity index (χ3n) is 3.01. The van der Waals surface area contributed by atoms with Crippen molar-refractivity contribution in [1.29, 1.82) is 0 Å². The number of aromatic nitrogens is 3. The van der Waals surface area contributed by atoms with Crippen LogP contribution in [0.5, 0.6) is 0 Å². The molecule has 0 aromatic carbocycles. The molecule has 1 aliphatic carbocycles. The van der Waals surface area contributed by atoms with Crippen LogP contribution < -0.4 is 0 Å². The Hall–Kier alpha value is -1.09. The summed E-state index contributed by atoms with van der Waals surface area (Å²) in [6, 6.07) is 2.72. The van der Waals surface area contributed by atoms with Crippen LogP contribution in [0.1, 0.15) is 31.1 Å². The molecule has 0 spiro atoms. The van der Waals surface area contributed by atoms with E-state index in [4.69, 9.17) is 11.6 Å². The average Bonchev–Trinajstić information content (AvgIpc) is 3.07. The molecule has 0 atom stereocenters. The number of aryl methyl sites for hydroxylation is 1. The maximum Gasteiger partial charge on any atom is 0.110 e. The molecule has 3 rings (SSSR count). The second-order valence-electron chi connectivity index (χ2n) is 4.29. The Morgan fingerprint density at radius 2 is 2.31 bits per heavy atom. The van der Waals surface area contributed by atoms with E-state index in [1.54, 1.807) is 0 Å². The first-order valence-corrected chi connectivity index (χ1v) is 6.30. The largest absolute Gasteiger partial charge is 0.325 e. The van der Waals surface area contributed by atoms with Crippen LogP contribution in [-0.2, 0) is 6.42 Å². The van der Waals surface area contributed by atoms with Gasteiger partial charge in [-0.25, -0.2) is 4.98 Å². The summed E-state index contributed by atoms with van der Waals surface area (Å²) in [5.41, 5.74) is 2.24. The summed E-state index contributed by atoms with van der Waals surface area (Å²) in [6.07, 6.45) is 8.20. The minimum absolute atomic E-state index is 0.665. The predicted molar refractivity (Wildman–Crippen MR) is 64.8 cm³/mol. The minimum atomic E-state index is 0.665. The van der Waals surface area contributed by atoms with Crippen LogP contribution in [0.3, 0.4) is 0 Å². The van der Waals surface area contributed by atoms with E-state index < -0.39 is 0 Å². The first-order valence-electron chi connectivity index (χ1n) is 5.77. The molecule has 0 amide bonds. The van der Waals surface area contributed by atoms with E-state index >= 15 is 0 Å². The monoisotopic (exact) mass is 235 g/mol. The van der Waals surface area contributed by atoms with Gasteiger partial charge in [-0.05, 0) is 25.3 Å². The molecule has 4 heteroatoms. The summed E-state index contributed by atoms with van der Waals surface area (Å²) in [5, 5.41) is 0. The maximum atomic E-state index is 5.75. The number of imidazole rings is 1. The van der Waals surface area contributed by atoms with Crippen molar-refractivity contribution in [3.8, 4) is 0 Å². The second kappa shape index (κ2) is 4.06. The van der Waals surface area contributed by atoms with Crippen LogP contribution in [-0.4, -0.2) is 20.4 Å². The summed E-state index contributed by atoms with van der Waals surface area (Å²) >= 11 is 5.75. The topological polar surface area (TPSA) is 30.7 Å². The van der Waals surface area contributed by atoms with Gasteiger partial charge in [-0.3, -0.25) is 4.98 Å². The molecule has 3 nitrogen and oxygen atoms in total. The Morgan fingerprint density at radius 1 is 1.44 bits per heavy atom. The third-order valence-corrected chi connectivity index (χ3v) is 3.28. The molecule has 84 valence electrons. The van der Waals surface area contributed by atoms with E-state index in [0.717, 1.165) is 18.4 Å². The number of fused-ring (bicyclic) bond motifs is 1. The van der Waals surface area contributed by atoms with E-state index in [-0.39, 0.29) is 0 Å². The molecular weight excluding hydrogens is 222 g/mol. The van der Waals surface area contributed by atoms with Crippen LogP contribution in [0.4, 0.5) is 0 Å². The number of halogens is 1. The van der Waals surface area contributed by atoms with E-state index in [2.05, 4.69) is 20.6 Å². The van der Waals surface area contributed by atoms with Crippen LogP contribution in [0.25, 0.3) is 11.0 Å². The highest BCUT2D eigenvalue weighted by Crippen LogP contribution is 2.38. The maximum absolute atomic E-state index is 5.75. The molecule has 1 saturated carbocycles. The van der Waals surface area contributed by atoms with Crippen molar-refractivity contribution in [3.05, 3.63) is 24.3 Å². The lowest BCUT2D eigenvalue weighted by Crippen LogP contribution is -2.01. The highest BCUT2D eigenvalue weighted by Gasteiger charge is 2.27. The van der Waals surface area contributed by atoms with Gasteiger partial charge in [0.05, 0.1) is 11.7 Å². The number of alkyl halides is 1. The third kappa shape index (κ3) is 1.69. The Kier molecular flexibility index (Phi) is 2.56. The number of hydrogen-bond donors (Lipinski definition) is 0. The summed E-state index contributed by atoms with van der Waals surface area (Å²) < 4.78 is 2.38. The molecule has 1 aliphatic rings. The Labute approximate surface area is 99.5 Å². The fourth-order valence-electron chi connectivity index (χ4n) is 2.14. The highest BCUT2D eigenvalue weighted by molar-refractivity contribution is 6.17. The zero-order valence-corrected chi connectivity index (χ0v) is 9.82. The van der Waals surface area contributed by atoms with Crippen LogP contribution >= 0.6 is 11.6 Å². The van der Waals surface area contributed by atoms with Gasteiger partial charge < -0.3 is 4.57 Å². The number of rotatable bonds is 4. The zero-order chi connectivity index (χ0) is 11.0. The Morgan fingerprint density at radius 3 is 3.06 bits per heavy atom. The van der Waals surface area contributed by atoms with Crippen LogP contribution in [0.2, 0.25) is 0 Å². The lowest BCUT2D eigenvalue weighted by Gasteiger charge is -2.06. The van der Waals surface area contributed by atoms with Crippen molar-refractivity contribution in [1.82, 2.24) is 14.5 Å². The molecule has 2 aromatic heterocycles. The number of hydrogen-bond acceptors (Lipinski definition) is 2. The Bertz CT molecular complexity index is 502. The molecule has 2 aromatic rings. The van der Waals surface area contributed by atoms with Gasteiger partial charge in [-0.2, -0.15) is 0 Å². The summed E-state index contributed by atoms with van der Waals surface area (Å²) in [5.74, 6) is 1.87. The molecule has 0 saturated heterocycles. The van der Waals surface area contributed by atoms with Gasteiger partial charge in [-0.1, -0.05) is 0 Å². The van der Waals surface area contributed by atoms with Gasteiger partial charge >= 0.3 is 0 Å². The first-order chi connectivity index (χ1) is 7.90. The summed E-state index contributed by atoms with van der Waals surface area (Å²) in [7, 11) is 0. The number of pyridine rings is 1. The Balaban J connectivity index is 2.07. The smallest absolute Gasteiger partial charge is 0.110 e. The van der Waals surface area contributed by atoms with E-state index in [1.807, 2.05) is 12.4 Å². The van der Waals surface area contributed by atoms with Gasteiger partial charge in [-0.15, -0.1) is 11.6 Å². The number of nitrogens with zero attached hydrogens (tertiary/aromatic N) is 3. The van der Waals surface area contributed by atoms with Crippen LogP contribution in [0, 0.1) is 0 Å². The van der Waals surface area contributed by atoms with Crippen LogP contribution in [0.15, 0.2) is 18.5 Å². The SMILES string of the molecule is ClCCCc1nc2cnccc2n1C1CC1. The quantitative estimate of drug-likeness (QED) is 0.763.